The third-order valence-electron chi connectivity index (χ3n) is 2.41. The van der Waals surface area contributed by atoms with Crippen LogP contribution < -0.4 is 11.1 Å². The van der Waals surface area contributed by atoms with E-state index in [0.717, 1.165) is 12.8 Å². The molecule has 0 spiro atoms. The van der Waals surface area contributed by atoms with Crippen LogP contribution in [0.3, 0.4) is 0 Å². The topological polar surface area (TPSA) is 84.6 Å². The average molecular weight is 232 g/mol. The number of ether oxygens (including phenoxy) is 1. The zero-order valence-electron chi connectivity index (χ0n) is 10.7. The van der Waals surface area contributed by atoms with Gasteiger partial charge in [-0.25, -0.2) is 4.79 Å². The van der Waals surface area contributed by atoms with E-state index in [2.05, 4.69) is 5.32 Å². The van der Waals surface area contributed by atoms with Gasteiger partial charge in [0.2, 0.25) is 0 Å². The van der Waals surface area contributed by atoms with E-state index in [1.54, 1.807) is 0 Å². The summed E-state index contributed by atoms with van der Waals surface area (Å²) in [6.07, 6.45) is 0.502. The molecule has 16 heavy (non-hydrogen) atoms. The summed E-state index contributed by atoms with van der Waals surface area (Å²) in [6.45, 7) is 8.72. The van der Waals surface area contributed by atoms with Crippen LogP contribution in [0.1, 0.15) is 40.5 Å². The molecule has 0 fully saturated rings. The van der Waals surface area contributed by atoms with Gasteiger partial charge in [0, 0.05) is 12.1 Å². The molecule has 0 aromatic carbocycles. The van der Waals surface area contributed by atoms with E-state index in [4.69, 9.17) is 15.6 Å². The Balaban J connectivity index is 4.06. The molecular weight excluding hydrogens is 208 g/mol. The molecule has 0 aliphatic rings. The highest BCUT2D eigenvalue weighted by Gasteiger charge is 2.25. The summed E-state index contributed by atoms with van der Waals surface area (Å²) in [5.74, 6) is 0. The second-order valence-electron chi connectivity index (χ2n) is 5.21. The molecular formula is C11H24N2O3. The Morgan fingerprint density at radius 2 is 1.88 bits per heavy atom. The van der Waals surface area contributed by atoms with E-state index < -0.39 is 11.6 Å². The van der Waals surface area contributed by atoms with E-state index in [1.165, 1.54) is 0 Å². The van der Waals surface area contributed by atoms with Crippen LogP contribution in [0.25, 0.3) is 0 Å². The zero-order chi connectivity index (χ0) is 12.8. The first-order valence-electron chi connectivity index (χ1n) is 5.54. The van der Waals surface area contributed by atoms with Crippen molar-refractivity contribution in [3.63, 3.8) is 0 Å². The van der Waals surface area contributed by atoms with Crippen molar-refractivity contribution >= 4 is 6.09 Å². The first kappa shape index (κ1) is 15.2. The van der Waals surface area contributed by atoms with E-state index in [1.807, 2.05) is 27.7 Å². The summed E-state index contributed by atoms with van der Waals surface area (Å²) in [4.78, 5) is 10.6. The van der Waals surface area contributed by atoms with E-state index >= 15 is 0 Å². The molecule has 0 saturated heterocycles. The van der Waals surface area contributed by atoms with Crippen LogP contribution in [-0.2, 0) is 4.74 Å². The SMILES string of the molecule is CC(C)(CCC(C)(C)OCCN)NC(=O)O. The minimum atomic E-state index is -0.995. The minimum absolute atomic E-state index is 0.267. The van der Waals surface area contributed by atoms with Crippen molar-refractivity contribution in [3.8, 4) is 0 Å². The Labute approximate surface area is 97.3 Å². The molecule has 0 atom stereocenters. The molecule has 0 aromatic heterocycles. The summed E-state index contributed by atoms with van der Waals surface area (Å²) < 4.78 is 5.58. The van der Waals surface area contributed by atoms with Gasteiger partial charge in [0.25, 0.3) is 0 Å². The number of nitrogens with one attached hydrogen (secondary N) is 1. The molecule has 0 heterocycles. The largest absolute Gasteiger partial charge is 0.465 e. The number of nitrogens with two attached hydrogens (primary N) is 1. The molecule has 1 amide bonds. The molecule has 0 bridgehead atoms. The average Bonchev–Trinajstić information content (AvgIpc) is 2.10. The quantitative estimate of drug-likeness (QED) is 0.622. The van der Waals surface area contributed by atoms with Gasteiger partial charge in [-0.3, -0.25) is 0 Å². The highest BCUT2D eigenvalue weighted by molar-refractivity contribution is 5.65. The van der Waals surface area contributed by atoms with Crippen molar-refractivity contribution in [2.75, 3.05) is 13.2 Å². The molecule has 5 nitrogen and oxygen atoms in total. The summed E-state index contributed by atoms with van der Waals surface area (Å²) in [5.41, 5.74) is 4.67. The molecule has 0 aliphatic heterocycles. The number of hydrogen-bond donors (Lipinski definition) is 3. The number of hydrogen-bond acceptors (Lipinski definition) is 3. The maximum absolute atomic E-state index is 10.6. The summed E-state index contributed by atoms with van der Waals surface area (Å²) in [6, 6.07) is 0. The number of rotatable bonds is 7. The number of amides is 1. The van der Waals surface area contributed by atoms with E-state index in [-0.39, 0.29) is 5.60 Å². The monoisotopic (exact) mass is 232 g/mol. The highest BCUT2D eigenvalue weighted by Crippen LogP contribution is 2.22. The standard InChI is InChI=1S/C11H24N2O3/c1-10(2,13-9(14)15)5-6-11(3,4)16-8-7-12/h13H,5-8,12H2,1-4H3,(H,14,15). The normalized spacial score (nSPS) is 12.6. The van der Waals surface area contributed by atoms with Gasteiger partial charge in [-0.15, -0.1) is 0 Å². The molecule has 0 aromatic rings. The van der Waals surface area contributed by atoms with Gasteiger partial charge in [-0.05, 0) is 40.5 Å². The maximum Gasteiger partial charge on any atom is 0.405 e. The predicted octanol–water partition coefficient (Wildman–Crippen LogP) is 1.57. The van der Waals surface area contributed by atoms with Gasteiger partial charge in [-0.1, -0.05) is 0 Å². The van der Waals surface area contributed by atoms with Crippen LogP contribution >= 0.6 is 0 Å². The van der Waals surface area contributed by atoms with Gasteiger partial charge in [-0.2, -0.15) is 0 Å². The zero-order valence-corrected chi connectivity index (χ0v) is 10.7. The Morgan fingerprint density at radius 1 is 1.31 bits per heavy atom. The van der Waals surface area contributed by atoms with E-state index in [9.17, 15) is 4.79 Å². The molecule has 5 heteroatoms. The molecule has 0 radical (unpaired) electrons. The lowest BCUT2D eigenvalue weighted by Crippen LogP contribution is -2.44. The van der Waals surface area contributed by atoms with Crippen molar-refractivity contribution in [2.24, 2.45) is 5.73 Å². The third-order valence-corrected chi connectivity index (χ3v) is 2.41. The van der Waals surface area contributed by atoms with Gasteiger partial charge in [0.15, 0.2) is 0 Å². The number of carbonyl (C=O) groups is 1. The second kappa shape index (κ2) is 6.06. The van der Waals surface area contributed by atoms with Crippen molar-refractivity contribution in [2.45, 2.75) is 51.7 Å². The lowest BCUT2D eigenvalue weighted by molar-refractivity contribution is -0.0242. The molecule has 0 unspecified atom stereocenters. The third kappa shape index (κ3) is 7.48. The predicted molar refractivity (Wildman–Crippen MR) is 63.6 cm³/mol. The van der Waals surface area contributed by atoms with Gasteiger partial charge in [0.05, 0.1) is 12.2 Å². The Hall–Kier alpha value is -0.810. The Morgan fingerprint density at radius 3 is 2.31 bits per heavy atom. The fraction of sp³-hybridized carbons (Fsp3) is 0.909. The molecule has 0 rings (SSSR count). The van der Waals surface area contributed by atoms with Crippen molar-refractivity contribution in [1.82, 2.24) is 5.32 Å². The van der Waals surface area contributed by atoms with Crippen LogP contribution in [0.5, 0.6) is 0 Å². The fourth-order valence-corrected chi connectivity index (χ4v) is 1.37. The smallest absolute Gasteiger partial charge is 0.405 e. The lowest BCUT2D eigenvalue weighted by Gasteiger charge is -2.31. The van der Waals surface area contributed by atoms with Crippen LogP contribution in [0.4, 0.5) is 4.79 Å². The van der Waals surface area contributed by atoms with Crippen molar-refractivity contribution in [3.05, 3.63) is 0 Å². The molecule has 0 aliphatic carbocycles. The maximum atomic E-state index is 10.6. The molecule has 4 N–H and O–H groups in total. The van der Waals surface area contributed by atoms with Crippen LogP contribution in [0.15, 0.2) is 0 Å². The van der Waals surface area contributed by atoms with Gasteiger partial charge in [0.1, 0.15) is 0 Å². The molecule has 0 saturated carbocycles. The van der Waals surface area contributed by atoms with Crippen LogP contribution in [0.2, 0.25) is 0 Å². The minimum Gasteiger partial charge on any atom is -0.465 e. The summed E-state index contributed by atoms with van der Waals surface area (Å²) in [7, 11) is 0. The fourth-order valence-electron chi connectivity index (χ4n) is 1.37. The van der Waals surface area contributed by atoms with Gasteiger partial charge >= 0.3 is 6.09 Å². The van der Waals surface area contributed by atoms with Crippen LogP contribution in [-0.4, -0.2) is 35.5 Å². The highest BCUT2D eigenvalue weighted by atomic mass is 16.5. The summed E-state index contributed by atoms with van der Waals surface area (Å²) in [5, 5.41) is 11.1. The Bertz CT molecular complexity index is 227. The van der Waals surface area contributed by atoms with Crippen molar-refractivity contribution in [1.29, 1.82) is 0 Å². The first-order valence-corrected chi connectivity index (χ1v) is 5.54. The molecule has 96 valence electrons. The summed E-state index contributed by atoms with van der Waals surface area (Å²) >= 11 is 0. The lowest BCUT2D eigenvalue weighted by atomic mass is 9.91. The second-order valence-corrected chi connectivity index (χ2v) is 5.21. The van der Waals surface area contributed by atoms with Gasteiger partial charge < -0.3 is 20.9 Å². The first-order chi connectivity index (χ1) is 7.18. The van der Waals surface area contributed by atoms with Crippen molar-refractivity contribution < 1.29 is 14.6 Å². The van der Waals surface area contributed by atoms with Crippen LogP contribution in [0, 0.1) is 0 Å². The Kier molecular flexibility index (Phi) is 5.75. The van der Waals surface area contributed by atoms with E-state index in [0.29, 0.717) is 13.2 Å². The number of carboxylic acid groups (broad SMARTS) is 1.